The lowest BCUT2D eigenvalue weighted by Gasteiger charge is -2.28. The summed E-state index contributed by atoms with van der Waals surface area (Å²) < 4.78 is 57.9. The second kappa shape index (κ2) is 37.8. The molecular formula is C143H150N2O3. The zero-order valence-corrected chi connectivity index (χ0v) is 93.2. The van der Waals surface area contributed by atoms with E-state index in [1.165, 1.54) is 171 Å². The molecule has 5 nitrogen and oxygen atoms in total. The molecule has 0 fully saturated rings. The van der Waals surface area contributed by atoms with Gasteiger partial charge in [0, 0.05) is 59.5 Å². The van der Waals surface area contributed by atoms with E-state index in [2.05, 4.69) is 496 Å². The summed E-state index contributed by atoms with van der Waals surface area (Å²) in [5.41, 5.74) is 39.0. The second-order valence-corrected chi connectivity index (χ2v) is 51.5. The van der Waals surface area contributed by atoms with Gasteiger partial charge in [-0.2, -0.15) is 0 Å². The Morgan fingerprint density at radius 3 is 0.926 bits per heavy atom. The van der Waals surface area contributed by atoms with Crippen LogP contribution >= 0.6 is 0 Å². The molecule has 0 radical (unpaired) electrons. The molecule has 0 bridgehead atoms. The Balaban J connectivity index is 0.000000139. The molecule has 750 valence electrons. The summed E-state index contributed by atoms with van der Waals surface area (Å²) in [6.45, 7) is 71.1. The Bertz CT molecular complexity index is 8910. The van der Waals surface area contributed by atoms with E-state index < -0.39 is 0 Å². The van der Waals surface area contributed by atoms with Crippen LogP contribution in [0.3, 0.4) is 0 Å². The van der Waals surface area contributed by atoms with Crippen LogP contribution in [0.4, 0.5) is 0 Å². The van der Waals surface area contributed by atoms with Gasteiger partial charge in [0.2, 0.25) is 0 Å². The summed E-state index contributed by atoms with van der Waals surface area (Å²) in [4.78, 5) is 0. The molecule has 0 amide bonds. The lowest BCUT2D eigenvalue weighted by molar-refractivity contribution is 0.567. The number of nitrogens with zero attached hydrogens (tertiary/aromatic N) is 2. The van der Waals surface area contributed by atoms with Crippen molar-refractivity contribution in [2.24, 2.45) is 0 Å². The van der Waals surface area contributed by atoms with Gasteiger partial charge in [-0.05, 0) is 274 Å². The normalized spacial score (nSPS) is 13.2. The minimum Gasteiger partial charge on any atom is -0.456 e. The number of rotatable bonds is 8. The zero-order chi connectivity index (χ0) is 109. The van der Waals surface area contributed by atoms with Crippen LogP contribution in [0.2, 0.25) is 0 Å². The van der Waals surface area contributed by atoms with Crippen LogP contribution in [0.15, 0.2) is 359 Å². The van der Waals surface area contributed by atoms with E-state index >= 15 is 0 Å². The Morgan fingerprint density at radius 2 is 0.541 bits per heavy atom. The maximum Gasteiger partial charge on any atom is 0.136 e. The highest BCUT2D eigenvalue weighted by Gasteiger charge is 2.36. The highest BCUT2D eigenvalue weighted by atomic mass is 16.3. The molecule has 0 N–H and O–H groups in total. The van der Waals surface area contributed by atoms with Gasteiger partial charge in [-0.25, -0.2) is 0 Å². The molecule has 5 heterocycles. The number of benzene rings is 17. The highest BCUT2D eigenvalue weighted by molar-refractivity contribution is 6.21. The average Bonchev–Trinajstić information content (AvgIpc) is 1.54. The Morgan fingerprint density at radius 1 is 0.209 bits per heavy atom. The van der Waals surface area contributed by atoms with Crippen molar-refractivity contribution in [2.45, 2.75) is 269 Å². The molecule has 0 atom stereocenters. The topological polar surface area (TPSA) is 49.3 Å². The lowest BCUT2D eigenvalue weighted by atomic mass is 9.78. The molecule has 0 saturated heterocycles. The monoisotopic (exact) mass is 1950 g/mol. The SMILES string of the molecule is CC(C)(C)c1c(-c2ccccc2)ccc2oc3cccc(-c4ccccc4)c3c12.CC(C)(C)c1cc(-c2cccc3c2c2c(C(C)(C)C)c(-n4c5ccc(C(C)(C)C)cc5c5cc(C(C)(C)C)ccc54)ccc2n3-c2cc(C(C)(C)C)cc(C(C)(C)C)c2)cc(C(C)(C)C)c1.CC(C)(C)c1cccc2oc3cccc(-c4ccccc4)c3c12.[2H]c1c([2H])c(C)c([2H])c(-c2ccc3oc4cccc(-c5ccccc5)c4c3c2C(C)(C)C)c1[2H]. The summed E-state index contributed by atoms with van der Waals surface area (Å²) in [6, 6.07) is 116. The largest absolute Gasteiger partial charge is 0.456 e. The first-order chi connectivity index (χ1) is 71.4. The first kappa shape index (κ1) is 97.2. The van der Waals surface area contributed by atoms with Crippen molar-refractivity contribution in [3.63, 3.8) is 0 Å². The summed E-state index contributed by atoms with van der Waals surface area (Å²) >= 11 is 0. The summed E-state index contributed by atoms with van der Waals surface area (Å²) in [6.07, 6.45) is 0. The third-order valence-corrected chi connectivity index (χ3v) is 29.8. The predicted octanol–water partition coefficient (Wildman–Crippen LogP) is 41.9. The smallest absolute Gasteiger partial charge is 0.136 e. The summed E-state index contributed by atoms with van der Waals surface area (Å²) in [5, 5.41) is 12.1. The van der Waals surface area contributed by atoms with Crippen LogP contribution in [0.25, 0.3) is 188 Å². The molecule has 148 heavy (non-hydrogen) atoms. The van der Waals surface area contributed by atoms with Crippen molar-refractivity contribution in [1.29, 1.82) is 0 Å². The van der Waals surface area contributed by atoms with E-state index in [-0.39, 0.29) is 78.3 Å². The first-order valence-corrected chi connectivity index (χ1v) is 53.1. The van der Waals surface area contributed by atoms with Crippen LogP contribution in [0.1, 0.15) is 274 Å². The van der Waals surface area contributed by atoms with Crippen molar-refractivity contribution in [3.8, 4) is 78.1 Å². The molecule has 22 rings (SSSR count). The number of furan rings is 3. The van der Waals surface area contributed by atoms with E-state index in [1.807, 2.05) is 42.5 Å². The van der Waals surface area contributed by atoms with E-state index in [9.17, 15) is 0 Å². The van der Waals surface area contributed by atoms with Gasteiger partial charge in [0.25, 0.3) is 0 Å². The fourth-order valence-corrected chi connectivity index (χ4v) is 22.2. The molecule has 0 unspecified atom stereocenters. The third kappa shape index (κ3) is 19.6. The van der Waals surface area contributed by atoms with E-state index in [1.54, 1.807) is 6.92 Å². The van der Waals surface area contributed by atoms with Gasteiger partial charge in [0.15, 0.2) is 0 Å². The fraction of sp³-hybridized carbons (Fsp3) is 0.287. The molecule has 0 spiro atoms. The van der Waals surface area contributed by atoms with Gasteiger partial charge in [-0.1, -0.05) is 468 Å². The molecule has 22 aromatic rings. The van der Waals surface area contributed by atoms with Gasteiger partial charge in [0.1, 0.15) is 33.5 Å². The van der Waals surface area contributed by atoms with E-state index in [4.69, 9.17) is 18.7 Å². The van der Waals surface area contributed by atoms with Gasteiger partial charge in [-0.3, -0.25) is 0 Å². The zero-order valence-electron chi connectivity index (χ0n) is 97.2. The van der Waals surface area contributed by atoms with Gasteiger partial charge in [0.05, 0.1) is 33.2 Å². The van der Waals surface area contributed by atoms with E-state index in [0.29, 0.717) is 11.1 Å². The van der Waals surface area contributed by atoms with Gasteiger partial charge in [-0.15, -0.1) is 0 Å². The number of hydrogen-bond acceptors (Lipinski definition) is 3. The molecule has 17 aromatic carbocycles. The maximum absolute atomic E-state index is 8.78. The van der Waals surface area contributed by atoms with Crippen molar-refractivity contribution in [3.05, 3.63) is 407 Å². The highest BCUT2D eigenvalue weighted by Crippen LogP contribution is 2.54. The average molecular weight is 1950 g/mol. The lowest BCUT2D eigenvalue weighted by Crippen LogP contribution is -2.17. The Labute approximate surface area is 885 Å². The van der Waals surface area contributed by atoms with Crippen molar-refractivity contribution in [1.82, 2.24) is 9.13 Å². The van der Waals surface area contributed by atoms with Crippen LogP contribution in [0, 0.1) is 6.92 Å². The van der Waals surface area contributed by atoms with Crippen LogP contribution in [0.5, 0.6) is 0 Å². The molecule has 5 heteroatoms. The van der Waals surface area contributed by atoms with Crippen molar-refractivity contribution < 1.29 is 18.7 Å². The van der Waals surface area contributed by atoms with Crippen LogP contribution in [-0.2, 0) is 54.1 Å². The number of aromatic nitrogens is 2. The maximum atomic E-state index is 8.78. The van der Waals surface area contributed by atoms with Crippen molar-refractivity contribution >= 4 is 109 Å². The van der Waals surface area contributed by atoms with E-state index in [0.717, 1.165) is 66.5 Å². The predicted molar refractivity (Wildman–Crippen MR) is 641 cm³/mol. The second-order valence-electron chi connectivity index (χ2n) is 51.5. The Kier molecular flexibility index (Phi) is 24.8. The molecule has 0 aliphatic rings. The quantitative estimate of drug-likeness (QED) is 0.152. The standard InChI is InChI=1S/C64H80N2.C29H26O.C28H24O.C22H20O/c1-58(2,3)40-25-27-50-48(37-40)49-38-41(59(4,5)6)26-28-51(49)66(50)54-30-29-53-56(57(54)64(19,20)21)55-47(39-31-42(60(7,8)9)33-43(32-39)61(10,11)12)23-22-24-52(55)65(53)46-35-44(62(13,14)15)34-45(36-46)63(16,17)18;1-19-10-8-13-21(18-19)23-16-17-25-27(28(23)29(2,3)4)26-22(14-9-15-24(26)30-25)20-11-6-5-7-12-20;1-28(2,3)27-22(20-13-8-5-9-14-20)17-18-24-26(27)25-21(15-10-16-23(25)29-24)19-11-6-4-7-12-19;1-22(2,3)17-12-8-14-19-21(17)20-16(11-7-13-18(20)23-19)15-9-5-4-6-10-15/h22-38H,1-21H3;5-18H,1-4H3;4-18H,1-3H3;4-14H,1-3H3/i;8D,10D,13D,18D;;. The third-order valence-electron chi connectivity index (χ3n) is 29.8. The minimum atomic E-state index is -0.343. The minimum absolute atomic E-state index is 0.0192. The summed E-state index contributed by atoms with van der Waals surface area (Å²) in [5.74, 6) is 0. The van der Waals surface area contributed by atoms with Crippen LogP contribution in [-0.4, -0.2) is 9.13 Å². The molecule has 0 aliphatic carbocycles. The van der Waals surface area contributed by atoms with Gasteiger partial charge < -0.3 is 22.4 Å². The molecule has 5 aromatic heterocycles. The fourth-order valence-electron chi connectivity index (χ4n) is 22.2. The molecular weight excluding hydrogens is 1790 g/mol. The Hall–Kier alpha value is -14.3. The van der Waals surface area contributed by atoms with Gasteiger partial charge >= 0.3 is 0 Å². The molecule has 0 aliphatic heterocycles. The summed E-state index contributed by atoms with van der Waals surface area (Å²) in [7, 11) is 0. The van der Waals surface area contributed by atoms with Crippen molar-refractivity contribution in [2.75, 3.05) is 0 Å². The number of fused-ring (bicyclic) bond motifs is 15. The molecule has 0 saturated carbocycles. The van der Waals surface area contributed by atoms with Crippen LogP contribution < -0.4 is 0 Å². The number of hydrogen-bond donors (Lipinski definition) is 0. The first-order valence-electron chi connectivity index (χ1n) is 55.1.